The second-order valence-electron chi connectivity index (χ2n) is 4.49. The summed E-state index contributed by atoms with van der Waals surface area (Å²) in [4.78, 5) is 4.33. The normalized spacial score (nSPS) is 12.2. The van der Waals surface area contributed by atoms with E-state index in [1.54, 1.807) is 17.4 Å². The van der Waals surface area contributed by atoms with Crippen LogP contribution in [0.1, 0.15) is 16.5 Å². The van der Waals surface area contributed by atoms with Gasteiger partial charge < -0.3 is 9.73 Å². The third kappa shape index (κ3) is 3.45. The van der Waals surface area contributed by atoms with Crippen molar-refractivity contribution in [3.63, 3.8) is 0 Å². The molecule has 0 aliphatic rings. The van der Waals surface area contributed by atoms with Crippen LogP contribution in [0.3, 0.4) is 0 Å². The molecule has 0 aromatic carbocycles. The maximum atomic E-state index is 11.8. The van der Waals surface area contributed by atoms with Gasteiger partial charge in [0.15, 0.2) is 0 Å². The molecule has 2 rings (SSSR count). The molecule has 0 atom stereocenters. The Hall–Kier alpha value is -1.22. The summed E-state index contributed by atoms with van der Waals surface area (Å²) in [6.07, 6.45) is 0. The zero-order chi connectivity index (χ0) is 14.8. The lowest BCUT2D eigenvalue weighted by Gasteiger charge is -2.07. The van der Waals surface area contributed by atoms with Crippen molar-refractivity contribution < 1.29 is 12.8 Å². The van der Waals surface area contributed by atoms with Gasteiger partial charge in [-0.1, -0.05) is 0 Å². The summed E-state index contributed by atoms with van der Waals surface area (Å²) in [7, 11) is -0.556. The molecule has 0 unspecified atom stereocenters. The standard InChI is InChI=1S/C12H17N3O3S2/c1-9-8-19-11(14-9)7-13-6-10-4-5-12(18-10)20(16,17)15(2)3/h4-5,8,13H,6-7H2,1-3H3. The van der Waals surface area contributed by atoms with E-state index in [1.165, 1.54) is 20.2 Å². The summed E-state index contributed by atoms with van der Waals surface area (Å²) in [5.74, 6) is 0.582. The Kier molecular flexibility index (Phi) is 4.59. The molecule has 0 bridgehead atoms. The van der Waals surface area contributed by atoms with E-state index < -0.39 is 10.0 Å². The fraction of sp³-hybridized carbons (Fsp3) is 0.417. The molecule has 0 fully saturated rings. The minimum atomic E-state index is -3.50. The summed E-state index contributed by atoms with van der Waals surface area (Å²) < 4.78 is 30.2. The lowest BCUT2D eigenvalue weighted by molar-refractivity contribution is 0.389. The first-order valence-electron chi connectivity index (χ1n) is 6.02. The van der Waals surface area contributed by atoms with Crippen molar-refractivity contribution in [2.75, 3.05) is 14.1 Å². The minimum Gasteiger partial charge on any atom is -0.447 e. The van der Waals surface area contributed by atoms with Crippen LogP contribution in [0.4, 0.5) is 0 Å². The highest BCUT2D eigenvalue weighted by atomic mass is 32.2. The van der Waals surface area contributed by atoms with Crippen LogP contribution in [0.5, 0.6) is 0 Å². The number of furan rings is 1. The molecule has 1 N–H and O–H groups in total. The van der Waals surface area contributed by atoms with E-state index in [-0.39, 0.29) is 5.09 Å². The molecule has 0 saturated heterocycles. The molecule has 0 radical (unpaired) electrons. The van der Waals surface area contributed by atoms with Crippen LogP contribution in [-0.2, 0) is 23.1 Å². The summed E-state index contributed by atoms with van der Waals surface area (Å²) in [5.41, 5.74) is 1.00. The largest absolute Gasteiger partial charge is 0.447 e. The molecule has 2 aromatic rings. The molecule has 0 aliphatic heterocycles. The average Bonchev–Trinajstić information content (AvgIpc) is 2.99. The van der Waals surface area contributed by atoms with Gasteiger partial charge in [0.2, 0.25) is 5.09 Å². The fourth-order valence-corrected chi connectivity index (χ4v) is 3.10. The van der Waals surface area contributed by atoms with Gasteiger partial charge in [-0.05, 0) is 19.1 Å². The molecule has 0 amide bonds. The van der Waals surface area contributed by atoms with Crippen LogP contribution in [-0.4, -0.2) is 31.8 Å². The summed E-state index contributed by atoms with van der Waals surface area (Å²) in [5, 5.41) is 6.12. The number of hydrogen-bond acceptors (Lipinski definition) is 6. The van der Waals surface area contributed by atoms with Crippen LogP contribution >= 0.6 is 11.3 Å². The molecule has 6 nitrogen and oxygen atoms in total. The zero-order valence-corrected chi connectivity index (χ0v) is 13.2. The maximum absolute atomic E-state index is 11.8. The van der Waals surface area contributed by atoms with Crippen molar-refractivity contribution >= 4 is 21.4 Å². The number of hydrogen-bond donors (Lipinski definition) is 1. The number of aromatic nitrogens is 1. The first-order valence-corrected chi connectivity index (χ1v) is 8.34. The van der Waals surface area contributed by atoms with Gasteiger partial charge in [0.1, 0.15) is 10.8 Å². The Labute approximate surface area is 122 Å². The van der Waals surface area contributed by atoms with Crippen LogP contribution in [0.15, 0.2) is 27.0 Å². The lowest BCUT2D eigenvalue weighted by Crippen LogP contribution is -2.21. The highest BCUT2D eigenvalue weighted by Gasteiger charge is 2.21. The molecule has 0 spiro atoms. The second kappa shape index (κ2) is 6.04. The van der Waals surface area contributed by atoms with Crippen molar-refractivity contribution in [2.45, 2.75) is 25.1 Å². The highest BCUT2D eigenvalue weighted by Crippen LogP contribution is 2.17. The fourth-order valence-electron chi connectivity index (χ4n) is 1.55. The second-order valence-corrected chi connectivity index (χ2v) is 7.52. The van der Waals surface area contributed by atoms with Crippen molar-refractivity contribution in [2.24, 2.45) is 0 Å². The molecule has 8 heteroatoms. The Morgan fingerprint density at radius 3 is 2.70 bits per heavy atom. The maximum Gasteiger partial charge on any atom is 0.275 e. The van der Waals surface area contributed by atoms with Gasteiger partial charge in [-0.2, -0.15) is 0 Å². The van der Waals surface area contributed by atoms with Crippen molar-refractivity contribution in [3.8, 4) is 0 Å². The number of sulfonamides is 1. The van der Waals surface area contributed by atoms with E-state index in [9.17, 15) is 8.42 Å². The van der Waals surface area contributed by atoms with E-state index in [0.717, 1.165) is 15.0 Å². The van der Waals surface area contributed by atoms with Crippen LogP contribution in [0, 0.1) is 6.92 Å². The van der Waals surface area contributed by atoms with Gasteiger partial charge in [0, 0.05) is 31.7 Å². The predicted molar refractivity (Wildman–Crippen MR) is 77.0 cm³/mol. The van der Waals surface area contributed by atoms with E-state index >= 15 is 0 Å². The number of nitrogens with zero attached hydrogens (tertiary/aromatic N) is 2. The van der Waals surface area contributed by atoms with Crippen LogP contribution in [0.25, 0.3) is 0 Å². The van der Waals surface area contributed by atoms with Gasteiger partial charge in [-0.25, -0.2) is 17.7 Å². The zero-order valence-electron chi connectivity index (χ0n) is 11.6. The molecule has 20 heavy (non-hydrogen) atoms. The molecule has 0 saturated carbocycles. The quantitative estimate of drug-likeness (QED) is 0.876. The van der Waals surface area contributed by atoms with Gasteiger partial charge >= 0.3 is 0 Å². The molecule has 0 aliphatic carbocycles. The van der Waals surface area contributed by atoms with E-state index in [4.69, 9.17) is 4.42 Å². The van der Waals surface area contributed by atoms with Crippen LogP contribution in [0.2, 0.25) is 0 Å². The molecule has 2 heterocycles. The lowest BCUT2D eigenvalue weighted by atomic mass is 10.4. The third-order valence-corrected chi connectivity index (χ3v) is 5.27. The smallest absolute Gasteiger partial charge is 0.275 e. The first-order chi connectivity index (χ1) is 9.39. The monoisotopic (exact) mass is 315 g/mol. The van der Waals surface area contributed by atoms with Crippen molar-refractivity contribution in [1.82, 2.24) is 14.6 Å². The predicted octanol–water partition coefficient (Wildman–Crippen LogP) is 1.58. The summed E-state index contributed by atoms with van der Waals surface area (Å²) in [6.45, 7) is 3.04. The third-order valence-electron chi connectivity index (χ3n) is 2.61. The summed E-state index contributed by atoms with van der Waals surface area (Å²) in [6, 6.07) is 3.14. The molecular formula is C12H17N3O3S2. The van der Waals surface area contributed by atoms with Gasteiger partial charge in [0.05, 0.1) is 6.54 Å². The minimum absolute atomic E-state index is 0.0376. The Morgan fingerprint density at radius 2 is 2.10 bits per heavy atom. The van der Waals surface area contributed by atoms with Crippen molar-refractivity contribution in [1.29, 1.82) is 0 Å². The van der Waals surface area contributed by atoms with E-state index in [2.05, 4.69) is 10.3 Å². The van der Waals surface area contributed by atoms with Gasteiger partial charge in [-0.15, -0.1) is 11.3 Å². The molecule has 110 valence electrons. The Bertz CT molecular complexity index is 674. The van der Waals surface area contributed by atoms with Gasteiger partial charge in [-0.3, -0.25) is 0 Å². The number of nitrogens with one attached hydrogen (secondary N) is 1. The number of thiazole rings is 1. The number of rotatable bonds is 6. The topological polar surface area (TPSA) is 75.4 Å². The first kappa shape index (κ1) is 15.2. The average molecular weight is 315 g/mol. The molecular weight excluding hydrogens is 298 g/mol. The SMILES string of the molecule is Cc1csc(CNCc2ccc(S(=O)(=O)N(C)C)o2)n1. The molecule has 2 aromatic heterocycles. The van der Waals surface area contributed by atoms with Crippen LogP contribution < -0.4 is 5.32 Å². The van der Waals surface area contributed by atoms with E-state index in [0.29, 0.717) is 18.8 Å². The van der Waals surface area contributed by atoms with Crippen molar-refractivity contribution in [3.05, 3.63) is 34.0 Å². The Balaban J connectivity index is 1.93. The van der Waals surface area contributed by atoms with E-state index in [1.807, 2.05) is 12.3 Å². The summed E-state index contributed by atoms with van der Waals surface area (Å²) >= 11 is 1.59. The number of aryl methyl sites for hydroxylation is 1. The van der Waals surface area contributed by atoms with Gasteiger partial charge in [0.25, 0.3) is 10.0 Å². The Morgan fingerprint density at radius 1 is 1.35 bits per heavy atom. The highest BCUT2D eigenvalue weighted by molar-refractivity contribution is 7.88.